The Balaban J connectivity index is 1.74. The van der Waals surface area contributed by atoms with Crippen LogP contribution in [0.1, 0.15) is 35.4 Å². The standard InChI is InChI=1S/C29H27N2O/c1-17-14-23-22-15-20(21-7-5-13-32-16-21)9-10-24(22)31-25-8-4-6-19-11-12-30(3)29(27(19)25)26(18(17)2)28(23)31/h4,6,8-12,14-15,21H,5,7,13,16H2,1-3H3/q+1. The summed E-state index contributed by atoms with van der Waals surface area (Å²) in [5.41, 5.74) is 9.42. The molecule has 0 radical (unpaired) electrons. The zero-order valence-electron chi connectivity index (χ0n) is 18.9. The molecule has 0 amide bonds. The van der Waals surface area contributed by atoms with Gasteiger partial charge < -0.3 is 9.14 Å². The van der Waals surface area contributed by atoms with Crippen molar-refractivity contribution in [2.24, 2.45) is 7.05 Å². The largest absolute Gasteiger partial charge is 0.381 e. The maximum atomic E-state index is 5.81. The molecule has 1 aliphatic rings. The van der Waals surface area contributed by atoms with Crippen molar-refractivity contribution in [3.63, 3.8) is 0 Å². The van der Waals surface area contributed by atoms with Crippen LogP contribution in [0.25, 0.3) is 49.0 Å². The van der Waals surface area contributed by atoms with E-state index in [1.807, 2.05) is 0 Å². The van der Waals surface area contributed by atoms with Crippen LogP contribution in [0.15, 0.2) is 54.7 Å². The van der Waals surface area contributed by atoms with Crippen molar-refractivity contribution >= 4 is 49.0 Å². The van der Waals surface area contributed by atoms with Crippen LogP contribution in [0, 0.1) is 13.8 Å². The second-order valence-corrected chi connectivity index (χ2v) is 9.63. The Morgan fingerprint density at radius 2 is 1.88 bits per heavy atom. The quantitative estimate of drug-likeness (QED) is 0.173. The second-order valence-electron chi connectivity index (χ2n) is 9.63. The van der Waals surface area contributed by atoms with Gasteiger partial charge in [0.2, 0.25) is 5.52 Å². The van der Waals surface area contributed by atoms with Crippen LogP contribution < -0.4 is 4.57 Å². The number of hydrogen-bond acceptors (Lipinski definition) is 1. The van der Waals surface area contributed by atoms with E-state index in [1.165, 1.54) is 72.1 Å². The minimum absolute atomic E-state index is 0.501. The molecule has 1 unspecified atom stereocenters. The fourth-order valence-electron chi connectivity index (χ4n) is 6.11. The Hall–Kier alpha value is -3.17. The fraction of sp³-hybridized carbons (Fsp3) is 0.276. The first-order chi connectivity index (χ1) is 15.6. The zero-order valence-corrected chi connectivity index (χ0v) is 18.9. The molecule has 3 aromatic heterocycles. The van der Waals surface area contributed by atoms with Gasteiger partial charge in [-0.25, -0.2) is 4.57 Å². The van der Waals surface area contributed by atoms with E-state index in [4.69, 9.17) is 4.74 Å². The Morgan fingerprint density at radius 1 is 0.969 bits per heavy atom. The van der Waals surface area contributed by atoms with Crippen molar-refractivity contribution in [1.29, 1.82) is 0 Å². The number of benzene rings is 3. The third-order valence-electron chi connectivity index (χ3n) is 7.85. The average Bonchev–Trinajstić information content (AvgIpc) is 3.14. The van der Waals surface area contributed by atoms with Crippen LogP contribution in [0.2, 0.25) is 0 Å². The van der Waals surface area contributed by atoms with E-state index < -0.39 is 0 Å². The molecule has 1 aliphatic heterocycles. The van der Waals surface area contributed by atoms with Crippen LogP contribution >= 0.6 is 0 Å². The number of aryl methyl sites for hydroxylation is 3. The van der Waals surface area contributed by atoms with E-state index in [-0.39, 0.29) is 0 Å². The predicted octanol–water partition coefficient (Wildman–Crippen LogP) is 6.33. The van der Waals surface area contributed by atoms with Crippen molar-refractivity contribution in [3.05, 3.63) is 71.4 Å². The number of pyridine rings is 2. The van der Waals surface area contributed by atoms with Gasteiger partial charge in [-0.2, -0.15) is 0 Å². The highest BCUT2D eigenvalue weighted by molar-refractivity contribution is 6.26. The van der Waals surface area contributed by atoms with E-state index in [9.17, 15) is 0 Å². The first-order valence-corrected chi connectivity index (χ1v) is 11.7. The number of nitrogens with zero attached hydrogens (tertiary/aromatic N) is 2. The van der Waals surface area contributed by atoms with Crippen LogP contribution in [0.5, 0.6) is 0 Å². The maximum Gasteiger partial charge on any atom is 0.224 e. The van der Waals surface area contributed by atoms with Crippen LogP contribution in [0.3, 0.4) is 0 Å². The van der Waals surface area contributed by atoms with Crippen LogP contribution in [0.4, 0.5) is 0 Å². The molecule has 0 bridgehead atoms. The van der Waals surface area contributed by atoms with Gasteiger partial charge in [0.25, 0.3) is 0 Å². The van der Waals surface area contributed by atoms with Gasteiger partial charge in [0, 0.05) is 29.4 Å². The van der Waals surface area contributed by atoms with Crippen molar-refractivity contribution in [1.82, 2.24) is 4.40 Å². The average molecular weight is 420 g/mol. The molecule has 32 heavy (non-hydrogen) atoms. The normalized spacial score (nSPS) is 17.5. The number of hydrogen-bond donors (Lipinski definition) is 0. The summed E-state index contributed by atoms with van der Waals surface area (Å²) in [5.74, 6) is 0.501. The molecule has 0 aliphatic carbocycles. The van der Waals surface area contributed by atoms with E-state index in [0.29, 0.717) is 5.92 Å². The molecule has 0 N–H and O–H groups in total. The van der Waals surface area contributed by atoms with E-state index in [2.05, 4.69) is 84.6 Å². The van der Waals surface area contributed by atoms with Gasteiger partial charge in [-0.3, -0.25) is 0 Å². The summed E-state index contributed by atoms with van der Waals surface area (Å²) >= 11 is 0. The second kappa shape index (κ2) is 6.43. The maximum absolute atomic E-state index is 5.81. The van der Waals surface area contributed by atoms with Gasteiger partial charge >= 0.3 is 0 Å². The summed E-state index contributed by atoms with van der Waals surface area (Å²) in [7, 11) is 2.18. The molecule has 6 aromatic rings. The Labute approximate surface area is 187 Å². The topological polar surface area (TPSA) is 17.5 Å². The van der Waals surface area contributed by atoms with Gasteiger partial charge in [-0.1, -0.05) is 18.2 Å². The number of ether oxygens (including phenoxy) is 1. The minimum atomic E-state index is 0.501. The third kappa shape index (κ3) is 2.27. The van der Waals surface area contributed by atoms with E-state index in [0.717, 1.165) is 19.6 Å². The van der Waals surface area contributed by atoms with Gasteiger partial charge in [-0.15, -0.1) is 0 Å². The van der Waals surface area contributed by atoms with Crippen molar-refractivity contribution in [2.45, 2.75) is 32.6 Å². The van der Waals surface area contributed by atoms with Crippen molar-refractivity contribution in [2.75, 3.05) is 13.2 Å². The molecule has 1 atom stereocenters. The van der Waals surface area contributed by atoms with Gasteiger partial charge in [-0.05, 0) is 73.0 Å². The summed E-state index contributed by atoms with van der Waals surface area (Å²) in [6.07, 6.45) is 4.57. The van der Waals surface area contributed by atoms with E-state index >= 15 is 0 Å². The van der Waals surface area contributed by atoms with Gasteiger partial charge in [0.1, 0.15) is 7.05 Å². The third-order valence-corrected chi connectivity index (χ3v) is 7.85. The lowest BCUT2D eigenvalue weighted by Gasteiger charge is -2.22. The highest BCUT2D eigenvalue weighted by Crippen LogP contribution is 2.42. The van der Waals surface area contributed by atoms with Crippen molar-refractivity contribution < 1.29 is 9.30 Å². The smallest absolute Gasteiger partial charge is 0.224 e. The zero-order chi connectivity index (χ0) is 21.6. The molecular weight excluding hydrogens is 392 g/mol. The Bertz CT molecular complexity index is 1690. The number of rotatable bonds is 1. The van der Waals surface area contributed by atoms with Gasteiger partial charge in [0.15, 0.2) is 6.20 Å². The summed E-state index contributed by atoms with van der Waals surface area (Å²) < 4.78 is 10.6. The van der Waals surface area contributed by atoms with Crippen LogP contribution in [-0.4, -0.2) is 17.6 Å². The number of aromatic nitrogens is 2. The Morgan fingerprint density at radius 3 is 2.72 bits per heavy atom. The highest BCUT2D eigenvalue weighted by Gasteiger charge is 2.25. The summed E-state index contributed by atoms with van der Waals surface area (Å²) in [6.45, 7) is 6.28. The lowest BCUT2D eigenvalue weighted by atomic mass is 9.92. The minimum Gasteiger partial charge on any atom is -0.381 e. The first-order valence-electron chi connectivity index (χ1n) is 11.7. The fourth-order valence-corrected chi connectivity index (χ4v) is 6.11. The molecule has 0 spiro atoms. The molecule has 158 valence electrons. The highest BCUT2D eigenvalue weighted by atomic mass is 16.5. The molecule has 4 heterocycles. The lowest BCUT2D eigenvalue weighted by molar-refractivity contribution is -0.643. The molecule has 1 fully saturated rings. The summed E-state index contributed by atoms with van der Waals surface area (Å²) in [5, 5.41) is 6.75. The van der Waals surface area contributed by atoms with E-state index in [1.54, 1.807) is 0 Å². The predicted molar refractivity (Wildman–Crippen MR) is 132 cm³/mol. The molecule has 3 aromatic carbocycles. The lowest BCUT2D eigenvalue weighted by Crippen LogP contribution is -2.29. The Kier molecular flexibility index (Phi) is 3.70. The molecule has 1 saturated heterocycles. The summed E-state index contributed by atoms with van der Waals surface area (Å²) in [6, 6.07) is 18.5. The monoisotopic (exact) mass is 419 g/mol. The van der Waals surface area contributed by atoms with Crippen LogP contribution in [-0.2, 0) is 11.8 Å². The summed E-state index contributed by atoms with van der Waals surface area (Å²) in [4.78, 5) is 0. The molecular formula is C29H27N2O+. The van der Waals surface area contributed by atoms with Crippen molar-refractivity contribution in [3.8, 4) is 0 Å². The molecule has 3 heteroatoms. The molecule has 3 nitrogen and oxygen atoms in total. The SMILES string of the molecule is Cc1cc2c3cc(C4CCCOC4)ccc3n3c4cccc5cc[n+](C)c(c(c1C)c23)c54. The molecule has 7 rings (SSSR count). The molecule has 0 saturated carbocycles. The van der Waals surface area contributed by atoms with Gasteiger partial charge in [0.05, 0.1) is 33.9 Å². The number of fused-ring (bicyclic) bond motifs is 5. The first kappa shape index (κ1) is 18.4.